The standard InChI is InChI=1S/C24H22Cl2N8O2/c1-36-16-4-2-3-15(12-16)29-24(35)34-9-7-33(8-10-34)22-20-21(31-23(27)32-22)30-19(13-28-20)17-6-5-14(25)11-18(17)26/h2-6,11-13H,7-10H2,1H3,(H,29,35)(H2,27,30,31,32). The maximum atomic E-state index is 12.8. The Labute approximate surface area is 217 Å². The van der Waals surface area contributed by atoms with Gasteiger partial charge < -0.3 is 25.6 Å². The smallest absolute Gasteiger partial charge is 0.321 e. The monoisotopic (exact) mass is 524 g/mol. The van der Waals surface area contributed by atoms with E-state index in [0.717, 1.165) is 0 Å². The lowest BCUT2D eigenvalue weighted by molar-refractivity contribution is 0.208. The van der Waals surface area contributed by atoms with Crippen LogP contribution in [0.4, 0.5) is 22.2 Å². The van der Waals surface area contributed by atoms with E-state index in [2.05, 4.69) is 25.3 Å². The molecule has 0 unspecified atom stereocenters. The van der Waals surface area contributed by atoms with Crippen LogP contribution in [0.3, 0.4) is 0 Å². The Balaban J connectivity index is 1.33. The van der Waals surface area contributed by atoms with Crippen molar-refractivity contribution in [1.29, 1.82) is 0 Å². The number of hydrogen-bond acceptors (Lipinski definition) is 8. The fourth-order valence-electron chi connectivity index (χ4n) is 3.98. The number of aromatic nitrogens is 4. The Morgan fingerprint density at radius 3 is 2.61 bits per heavy atom. The van der Waals surface area contributed by atoms with Gasteiger partial charge in [0.25, 0.3) is 0 Å². The summed E-state index contributed by atoms with van der Waals surface area (Å²) in [7, 11) is 1.59. The number of carbonyl (C=O) groups excluding carboxylic acids is 1. The molecule has 0 radical (unpaired) electrons. The molecule has 5 rings (SSSR count). The molecule has 3 heterocycles. The first-order chi connectivity index (χ1) is 17.4. The van der Waals surface area contributed by atoms with Crippen LogP contribution in [0.1, 0.15) is 0 Å². The van der Waals surface area contributed by atoms with Crippen LogP contribution >= 0.6 is 23.2 Å². The zero-order valence-corrected chi connectivity index (χ0v) is 20.8. The van der Waals surface area contributed by atoms with E-state index < -0.39 is 0 Å². The van der Waals surface area contributed by atoms with Gasteiger partial charge in [0.15, 0.2) is 17.0 Å². The Kier molecular flexibility index (Phi) is 6.62. The molecule has 0 saturated carbocycles. The molecule has 2 aromatic heterocycles. The van der Waals surface area contributed by atoms with Crippen molar-refractivity contribution in [2.24, 2.45) is 0 Å². The minimum atomic E-state index is -0.181. The summed E-state index contributed by atoms with van der Waals surface area (Å²) in [4.78, 5) is 34.5. The number of benzene rings is 2. The third-order valence-electron chi connectivity index (χ3n) is 5.80. The normalized spacial score (nSPS) is 13.6. The van der Waals surface area contributed by atoms with Crippen molar-refractivity contribution in [3.8, 4) is 17.0 Å². The Hall–Kier alpha value is -3.89. The molecule has 0 bridgehead atoms. The number of nitrogen functional groups attached to an aromatic ring is 1. The molecule has 1 aliphatic heterocycles. The van der Waals surface area contributed by atoms with Crippen molar-refractivity contribution in [1.82, 2.24) is 24.8 Å². The number of anilines is 3. The molecule has 0 spiro atoms. The number of rotatable bonds is 4. The van der Waals surface area contributed by atoms with Gasteiger partial charge in [-0.3, -0.25) is 0 Å². The van der Waals surface area contributed by atoms with Gasteiger partial charge in [-0.25, -0.2) is 14.8 Å². The van der Waals surface area contributed by atoms with Crippen LogP contribution in [0.15, 0.2) is 48.7 Å². The molecule has 1 aliphatic rings. The van der Waals surface area contributed by atoms with Gasteiger partial charge in [-0.05, 0) is 30.3 Å². The Bertz CT molecular complexity index is 1440. The fourth-order valence-corrected chi connectivity index (χ4v) is 4.49. The highest BCUT2D eigenvalue weighted by atomic mass is 35.5. The molecule has 1 saturated heterocycles. The number of ether oxygens (including phenoxy) is 1. The van der Waals surface area contributed by atoms with E-state index in [0.29, 0.717) is 75.9 Å². The predicted molar refractivity (Wildman–Crippen MR) is 141 cm³/mol. The van der Waals surface area contributed by atoms with E-state index >= 15 is 0 Å². The van der Waals surface area contributed by atoms with Gasteiger partial charge in [0.2, 0.25) is 5.95 Å². The van der Waals surface area contributed by atoms with Crippen LogP contribution in [-0.4, -0.2) is 64.2 Å². The van der Waals surface area contributed by atoms with Crippen LogP contribution in [0.5, 0.6) is 5.75 Å². The summed E-state index contributed by atoms with van der Waals surface area (Å²) in [6, 6.07) is 12.2. The van der Waals surface area contributed by atoms with Crippen molar-refractivity contribution >= 4 is 57.9 Å². The van der Waals surface area contributed by atoms with Gasteiger partial charge in [0.05, 0.1) is 24.0 Å². The molecule has 1 fully saturated rings. The van der Waals surface area contributed by atoms with Gasteiger partial charge >= 0.3 is 6.03 Å². The van der Waals surface area contributed by atoms with Crippen molar-refractivity contribution in [2.45, 2.75) is 0 Å². The molecule has 12 heteroatoms. The highest BCUT2D eigenvalue weighted by Crippen LogP contribution is 2.31. The zero-order chi connectivity index (χ0) is 25.2. The van der Waals surface area contributed by atoms with E-state index in [9.17, 15) is 4.79 Å². The van der Waals surface area contributed by atoms with Crippen LogP contribution in [0, 0.1) is 0 Å². The molecule has 4 aromatic rings. The number of methoxy groups -OCH3 is 1. The van der Waals surface area contributed by atoms with Crippen molar-refractivity contribution < 1.29 is 9.53 Å². The second-order valence-corrected chi connectivity index (χ2v) is 8.94. The molecule has 2 amide bonds. The maximum absolute atomic E-state index is 12.8. The summed E-state index contributed by atoms with van der Waals surface area (Å²) in [5.74, 6) is 1.34. The Morgan fingerprint density at radius 1 is 1.06 bits per heavy atom. The zero-order valence-electron chi connectivity index (χ0n) is 19.3. The quantitative estimate of drug-likeness (QED) is 0.404. The lowest BCUT2D eigenvalue weighted by atomic mass is 10.1. The third-order valence-corrected chi connectivity index (χ3v) is 6.35. The van der Waals surface area contributed by atoms with Crippen molar-refractivity contribution in [3.05, 3.63) is 58.7 Å². The second kappa shape index (κ2) is 10.00. The maximum Gasteiger partial charge on any atom is 0.321 e. The first kappa shape index (κ1) is 23.8. The minimum absolute atomic E-state index is 0.0874. The summed E-state index contributed by atoms with van der Waals surface area (Å²) in [6.45, 7) is 2.08. The summed E-state index contributed by atoms with van der Waals surface area (Å²) in [6.07, 6.45) is 1.62. The third kappa shape index (κ3) is 4.91. The topological polar surface area (TPSA) is 122 Å². The van der Waals surface area contributed by atoms with Crippen LogP contribution in [0.2, 0.25) is 10.0 Å². The average Bonchev–Trinajstić information content (AvgIpc) is 2.88. The molecular formula is C24H22Cl2N8O2. The Morgan fingerprint density at radius 2 is 1.86 bits per heavy atom. The number of nitrogens with one attached hydrogen (secondary N) is 1. The SMILES string of the molecule is COc1cccc(NC(=O)N2CCN(c3nc(N)nc4nc(-c5ccc(Cl)cc5Cl)cnc34)CC2)c1. The van der Waals surface area contributed by atoms with Crippen LogP contribution in [-0.2, 0) is 0 Å². The number of carbonyl (C=O) groups is 1. The number of nitrogens with zero attached hydrogens (tertiary/aromatic N) is 6. The number of nitrogens with two attached hydrogens (primary N) is 1. The van der Waals surface area contributed by atoms with E-state index in [4.69, 9.17) is 33.7 Å². The predicted octanol–water partition coefficient (Wildman–Crippen LogP) is 4.34. The highest BCUT2D eigenvalue weighted by molar-refractivity contribution is 6.36. The summed E-state index contributed by atoms with van der Waals surface area (Å²) < 4.78 is 5.22. The van der Waals surface area contributed by atoms with Gasteiger partial charge in [0.1, 0.15) is 5.75 Å². The molecular weight excluding hydrogens is 503 g/mol. The van der Waals surface area contributed by atoms with Gasteiger partial charge in [0, 0.05) is 48.5 Å². The van der Waals surface area contributed by atoms with Crippen LogP contribution in [0.25, 0.3) is 22.4 Å². The number of hydrogen-bond donors (Lipinski definition) is 2. The summed E-state index contributed by atoms with van der Waals surface area (Å²) in [5, 5.41) is 3.90. The number of fused-ring (bicyclic) bond motifs is 1. The summed E-state index contributed by atoms with van der Waals surface area (Å²) >= 11 is 12.4. The molecule has 2 aromatic carbocycles. The largest absolute Gasteiger partial charge is 0.497 e. The lowest BCUT2D eigenvalue weighted by Crippen LogP contribution is -2.50. The van der Waals surface area contributed by atoms with E-state index in [1.54, 1.807) is 42.5 Å². The molecule has 10 nitrogen and oxygen atoms in total. The van der Waals surface area contributed by atoms with Gasteiger partial charge in [-0.1, -0.05) is 29.3 Å². The molecule has 184 valence electrons. The first-order valence-electron chi connectivity index (χ1n) is 11.1. The summed E-state index contributed by atoms with van der Waals surface area (Å²) in [5.41, 5.74) is 8.79. The van der Waals surface area contributed by atoms with E-state index in [-0.39, 0.29) is 12.0 Å². The number of halogens is 2. The average molecular weight is 525 g/mol. The fraction of sp³-hybridized carbons (Fsp3) is 0.208. The molecule has 3 N–H and O–H groups in total. The molecule has 36 heavy (non-hydrogen) atoms. The van der Waals surface area contributed by atoms with Crippen molar-refractivity contribution in [3.63, 3.8) is 0 Å². The second-order valence-electron chi connectivity index (χ2n) is 8.09. The first-order valence-corrected chi connectivity index (χ1v) is 11.9. The highest BCUT2D eigenvalue weighted by Gasteiger charge is 2.25. The number of amides is 2. The van der Waals surface area contributed by atoms with E-state index in [1.807, 2.05) is 23.1 Å². The molecule has 0 aliphatic carbocycles. The number of piperazine rings is 1. The van der Waals surface area contributed by atoms with E-state index in [1.165, 1.54) is 0 Å². The van der Waals surface area contributed by atoms with Crippen LogP contribution < -0.4 is 20.7 Å². The number of urea groups is 1. The van der Waals surface area contributed by atoms with Gasteiger partial charge in [-0.2, -0.15) is 9.97 Å². The molecule has 0 atom stereocenters. The van der Waals surface area contributed by atoms with Gasteiger partial charge in [-0.15, -0.1) is 0 Å². The lowest BCUT2D eigenvalue weighted by Gasteiger charge is -2.35. The van der Waals surface area contributed by atoms with Crippen molar-refractivity contribution in [2.75, 3.05) is 49.2 Å². The minimum Gasteiger partial charge on any atom is -0.497 e.